The molecule has 3 amide bonds. The fourth-order valence-electron chi connectivity index (χ4n) is 8.07. The van der Waals surface area contributed by atoms with Gasteiger partial charge in [0.25, 0.3) is 0 Å². The first kappa shape index (κ1) is 28.7. The first-order valence-corrected chi connectivity index (χ1v) is 15.9. The first-order valence-electron chi connectivity index (χ1n) is 15.5. The van der Waals surface area contributed by atoms with E-state index in [9.17, 15) is 14.4 Å². The summed E-state index contributed by atoms with van der Waals surface area (Å²) in [4.78, 5) is 46.3. The van der Waals surface area contributed by atoms with E-state index in [0.29, 0.717) is 41.7 Å². The van der Waals surface area contributed by atoms with E-state index in [1.54, 1.807) is 29.2 Å². The maximum atomic E-state index is 14.3. The molecule has 9 atom stereocenters. The number of carbonyl (C=O) groups is 3. The molecular weight excluding hydrogens is 540 g/mol. The maximum absolute atomic E-state index is 14.3. The molecule has 3 saturated heterocycles. The van der Waals surface area contributed by atoms with Crippen molar-refractivity contribution in [1.82, 2.24) is 15.1 Å². The Morgan fingerprint density at radius 3 is 2.68 bits per heavy atom. The minimum Gasteiger partial charge on any atom is -0.359 e. The van der Waals surface area contributed by atoms with Gasteiger partial charge in [-0.15, -0.1) is 0 Å². The zero-order valence-electron chi connectivity index (χ0n) is 24.4. The van der Waals surface area contributed by atoms with Crippen LogP contribution in [0.15, 0.2) is 36.4 Å². The third-order valence-electron chi connectivity index (χ3n) is 10.6. The fourth-order valence-corrected chi connectivity index (χ4v) is 8.26. The summed E-state index contributed by atoms with van der Waals surface area (Å²) in [6, 6.07) is 6.67. The van der Waals surface area contributed by atoms with Crippen molar-refractivity contribution in [3.8, 4) is 0 Å². The van der Waals surface area contributed by atoms with Gasteiger partial charge in [-0.1, -0.05) is 62.9 Å². The van der Waals surface area contributed by atoms with Gasteiger partial charge < -0.3 is 20.3 Å². The van der Waals surface area contributed by atoms with Crippen LogP contribution in [-0.4, -0.2) is 77.0 Å². The second kappa shape index (κ2) is 11.3. The molecule has 6 rings (SSSR count). The van der Waals surface area contributed by atoms with Crippen LogP contribution in [0, 0.1) is 23.7 Å². The third-order valence-corrected chi connectivity index (χ3v) is 10.9. The van der Waals surface area contributed by atoms with Gasteiger partial charge in [0.05, 0.1) is 17.9 Å². The van der Waals surface area contributed by atoms with Gasteiger partial charge in [-0.05, 0) is 62.8 Å². The zero-order chi connectivity index (χ0) is 28.9. The maximum Gasteiger partial charge on any atom is 0.246 e. The molecule has 9 heteroatoms. The highest BCUT2D eigenvalue weighted by Crippen LogP contribution is 2.55. The number of hydrogen-bond donors (Lipinski definition) is 2. The van der Waals surface area contributed by atoms with Crippen LogP contribution in [0.1, 0.15) is 59.3 Å². The molecule has 2 N–H and O–H groups in total. The highest BCUT2D eigenvalue weighted by molar-refractivity contribution is 6.30. The number of anilines is 1. The van der Waals surface area contributed by atoms with Crippen molar-refractivity contribution in [2.75, 3.05) is 25.0 Å². The molecule has 41 heavy (non-hydrogen) atoms. The van der Waals surface area contributed by atoms with E-state index in [1.165, 1.54) is 12.8 Å². The SMILES string of the molecule is C[C@H]1[C@H](C)CCC[C@@H]1NC(=O)[C@@H]1N(CCN2CCCC[C@@H]2C)C(=O)[C@@H]2[C@H](C(=O)Nc3cccc(Cl)c3)[C@@H]3C=C[C@]21O3. The zero-order valence-corrected chi connectivity index (χ0v) is 25.1. The number of halogens is 1. The summed E-state index contributed by atoms with van der Waals surface area (Å²) in [6.45, 7) is 8.81. The number of hydrogen-bond acceptors (Lipinski definition) is 5. The van der Waals surface area contributed by atoms with Gasteiger partial charge in [-0.25, -0.2) is 0 Å². The molecule has 4 heterocycles. The minimum absolute atomic E-state index is 0.0604. The monoisotopic (exact) mass is 582 g/mol. The number of ether oxygens (including phenoxy) is 1. The number of nitrogens with one attached hydrogen (secondary N) is 2. The fraction of sp³-hybridized carbons (Fsp3) is 0.656. The van der Waals surface area contributed by atoms with Crippen LogP contribution in [0.5, 0.6) is 0 Å². The molecule has 0 aromatic heterocycles. The molecule has 1 aromatic rings. The van der Waals surface area contributed by atoms with Gasteiger partial charge in [-0.3, -0.25) is 19.3 Å². The van der Waals surface area contributed by atoms with E-state index in [2.05, 4.69) is 36.3 Å². The normalized spacial score (nSPS) is 38.2. The standard InChI is InChI=1S/C32H43ClN4O4/c1-19-8-6-12-24(21(19)3)35-30(39)28-32-14-13-25(41-32)26(29(38)34-23-11-7-10-22(33)18-23)27(32)31(40)37(28)17-16-36-15-5-4-9-20(36)2/h7,10-11,13-14,18-21,24-28H,4-6,8-9,12,15-17H2,1-3H3,(H,34,38)(H,35,39)/t19-,20+,21+,24+,25+,26-,27+,28+,32+/m1/s1. The molecule has 2 bridgehead atoms. The summed E-state index contributed by atoms with van der Waals surface area (Å²) in [5.41, 5.74) is -0.585. The van der Waals surface area contributed by atoms with Crippen LogP contribution in [-0.2, 0) is 19.1 Å². The van der Waals surface area contributed by atoms with E-state index in [-0.39, 0.29) is 23.8 Å². The van der Waals surface area contributed by atoms with Crippen LogP contribution in [0.3, 0.4) is 0 Å². The molecule has 1 aromatic carbocycles. The summed E-state index contributed by atoms with van der Waals surface area (Å²) >= 11 is 6.15. The lowest BCUT2D eigenvalue weighted by Crippen LogP contribution is -2.58. The predicted molar refractivity (Wildman–Crippen MR) is 158 cm³/mol. The Morgan fingerprint density at radius 1 is 1.07 bits per heavy atom. The number of nitrogens with zero attached hydrogens (tertiary/aromatic N) is 2. The quantitative estimate of drug-likeness (QED) is 0.469. The van der Waals surface area contributed by atoms with Crippen LogP contribution >= 0.6 is 11.6 Å². The molecule has 1 saturated carbocycles. The van der Waals surface area contributed by atoms with Crippen molar-refractivity contribution in [2.24, 2.45) is 23.7 Å². The van der Waals surface area contributed by atoms with E-state index in [4.69, 9.17) is 16.3 Å². The molecule has 0 radical (unpaired) electrons. The van der Waals surface area contributed by atoms with Crippen LogP contribution < -0.4 is 10.6 Å². The van der Waals surface area contributed by atoms with E-state index in [0.717, 1.165) is 32.2 Å². The van der Waals surface area contributed by atoms with E-state index in [1.807, 2.05) is 12.2 Å². The van der Waals surface area contributed by atoms with Crippen molar-refractivity contribution in [1.29, 1.82) is 0 Å². The van der Waals surface area contributed by atoms with Gasteiger partial charge in [0, 0.05) is 35.9 Å². The first-order chi connectivity index (χ1) is 19.7. The Balaban J connectivity index is 1.28. The van der Waals surface area contributed by atoms with E-state index >= 15 is 0 Å². The topological polar surface area (TPSA) is 91.0 Å². The molecule has 0 unspecified atom stereocenters. The van der Waals surface area contributed by atoms with Gasteiger partial charge >= 0.3 is 0 Å². The average molecular weight is 583 g/mol. The molecule has 222 valence electrons. The van der Waals surface area contributed by atoms with Gasteiger partial charge in [0.1, 0.15) is 11.6 Å². The minimum atomic E-state index is -1.15. The molecule has 1 spiro atoms. The smallest absolute Gasteiger partial charge is 0.246 e. The number of fused-ring (bicyclic) bond motifs is 1. The van der Waals surface area contributed by atoms with Crippen molar-refractivity contribution in [3.63, 3.8) is 0 Å². The number of amides is 3. The van der Waals surface area contributed by atoms with Crippen molar-refractivity contribution in [3.05, 3.63) is 41.4 Å². The summed E-state index contributed by atoms with van der Waals surface area (Å²) in [5.74, 6) is -1.23. The summed E-state index contributed by atoms with van der Waals surface area (Å²) in [5, 5.41) is 6.81. The summed E-state index contributed by atoms with van der Waals surface area (Å²) in [6.07, 6.45) is 9.89. The number of rotatable bonds is 7. The highest BCUT2D eigenvalue weighted by atomic mass is 35.5. The number of likely N-dealkylation sites (tertiary alicyclic amines) is 2. The van der Waals surface area contributed by atoms with Crippen molar-refractivity contribution in [2.45, 2.75) is 89.1 Å². The number of carbonyl (C=O) groups excluding carboxylic acids is 3. The van der Waals surface area contributed by atoms with Crippen LogP contribution in [0.25, 0.3) is 0 Å². The van der Waals surface area contributed by atoms with Crippen LogP contribution in [0.2, 0.25) is 5.02 Å². The average Bonchev–Trinajstić information content (AvgIpc) is 3.58. The predicted octanol–water partition coefficient (Wildman–Crippen LogP) is 4.24. The van der Waals surface area contributed by atoms with Crippen LogP contribution in [0.4, 0.5) is 5.69 Å². The largest absolute Gasteiger partial charge is 0.359 e. The number of piperidine rings is 1. The second-order valence-electron chi connectivity index (χ2n) is 13.0. The molecule has 5 aliphatic rings. The van der Waals surface area contributed by atoms with Gasteiger partial charge in [0.15, 0.2) is 0 Å². The molecule has 1 aliphatic carbocycles. The van der Waals surface area contributed by atoms with Gasteiger partial charge in [0.2, 0.25) is 17.7 Å². The molecular formula is C32H43ClN4O4. The Labute approximate surface area is 248 Å². The summed E-state index contributed by atoms with van der Waals surface area (Å²) in [7, 11) is 0. The molecule has 4 fully saturated rings. The Hall–Kier alpha value is -2.42. The molecule has 8 nitrogen and oxygen atoms in total. The third kappa shape index (κ3) is 5.10. The van der Waals surface area contributed by atoms with Crippen molar-refractivity contribution >= 4 is 35.0 Å². The number of benzene rings is 1. The lowest BCUT2D eigenvalue weighted by molar-refractivity contribution is -0.142. The van der Waals surface area contributed by atoms with E-state index < -0.39 is 29.6 Å². The second-order valence-corrected chi connectivity index (χ2v) is 13.4. The highest BCUT2D eigenvalue weighted by Gasteiger charge is 2.72. The van der Waals surface area contributed by atoms with Gasteiger partial charge in [-0.2, -0.15) is 0 Å². The Morgan fingerprint density at radius 2 is 1.90 bits per heavy atom. The Bertz CT molecular complexity index is 1220. The van der Waals surface area contributed by atoms with Crippen molar-refractivity contribution < 1.29 is 19.1 Å². The summed E-state index contributed by atoms with van der Waals surface area (Å²) < 4.78 is 6.53. The molecule has 4 aliphatic heterocycles. The lowest BCUT2D eigenvalue weighted by atomic mass is 9.73. The lowest BCUT2D eigenvalue weighted by Gasteiger charge is -2.39. The Kier molecular flexibility index (Phi) is 7.94.